The van der Waals surface area contributed by atoms with Gasteiger partial charge in [0.05, 0.1) is 42.5 Å². The number of carbonyl (C=O) groups is 5. The van der Waals surface area contributed by atoms with Crippen molar-refractivity contribution in [2.24, 2.45) is 0 Å². The van der Waals surface area contributed by atoms with Crippen molar-refractivity contribution in [3.63, 3.8) is 0 Å². The number of nitrogens with one attached hydrogen (secondary N) is 4. The van der Waals surface area contributed by atoms with E-state index in [1.54, 1.807) is 24.3 Å². The largest absolute Gasteiger partial charge is 0.480 e. The molecule has 0 aliphatic heterocycles. The number of sulfonamides is 2. The Morgan fingerprint density at radius 3 is 1.15 bits per heavy atom. The van der Waals surface area contributed by atoms with Crippen molar-refractivity contribution in [2.75, 3.05) is 122 Å². The smallest absolute Gasteiger partial charge is 0.317 e. The molecule has 0 atom stereocenters. The summed E-state index contributed by atoms with van der Waals surface area (Å²) in [4.78, 5) is 69.8. The Labute approximate surface area is 441 Å². The van der Waals surface area contributed by atoms with Gasteiger partial charge in [0.2, 0.25) is 31.9 Å². The molecule has 0 aliphatic carbocycles. The van der Waals surface area contributed by atoms with Crippen molar-refractivity contribution in [3.05, 3.63) is 72.8 Å². The maximum atomic E-state index is 13.5. The topological polar surface area (TPSA) is 279 Å². The molecule has 0 saturated heterocycles. The van der Waals surface area contributed by atoms with E-state index in [-0.39, 0.29) is 62.1 Å². The lowest BCUT2D eigenvalue weighted by Gasteiger charge is -2.28. The van der Waals surface area contributed by atoms with E-state index in [9.17, 15) is 56.1 Å². The van der Waals surface area contributed by atoms with Crippen LogP contribution in [-0.2, 0) is 44.0 Å². The third-order valence-electron chi connectivity index (χ3n) is 12.6. The molecule has 4 rings (SSSR count). The van der Waals surface area contributed by atoms with Gasteiger partial charge in [0.1, 0.15) is 0 Å². The molecule has 0 aromatic heterocycles. The van der Waals surface area contributed by atoms with Crippen LogP contribution in [0, 0.1) is 0 Å². The number of nitrogens with zero attached hydrogens (tertiary/aromatic N) is 5. The average molecular weight is 1080 g/mol. The van der Waals surface area contributed by atoms with Crippen LogP contribution >= 0.6 is 0 Å². The van der Waals surface area contributed by atoms with Crippen molar-refractivity contribution in [1.82, 2.24) is 34.8 Å². The molecule has 0 radical (unpaired) electrons. The van der Waals surface area contributed by atoms with Crippen LogP contribution in [0.25, 0.3) is 21.5 Å². The van der Waals surface area contributed by atoms with Gasteiger partial charge in [-0.25, -0.2) is 26.3 Å². The summed E-state index contributed by atoms with van der Waals surface area (Å²) < 4.78 is 59.1. The Bertz CT molecular complexity index is 2570. The Morgan fingerprint density at radius 1 is 0.427 bits per heavy atom. The van der Waals surface area contributed by atoms with Gasteiger partial charge in [-0.1, -0.05) is 101 Å². The molecule has 0 saturated carbocycles. The van der Waals surface area contributed by atoms with Crippen LogP contribution in [-0.4, -0.2) is 189 Å². The second-order valence-corrected chi connectivity index (χ2v) is 22.1. The number of carbonyl (C=O) groups excluding carboxylic acids is 2. The minimum Gasteiger partial charge on any atom is -0.480 e. The molecule has 0 bridgehead atoms. The van der Waals surface area contributed by atoms with Crippen molar-refractivity contribution in [1.29, 1.82) is 0 Å². The van der Waals surface area contributed by atoms with Gasteiger partial charge in [-0.2, -0.15) is 0 Å². The van der Waals surface area contributed by atoms with Crippen LogP contribution in [0.2, 0.25) is 0 Å². The van der Waals surface area contributed by atoms with E-state index in [0.29, 0.717) is 10.8 Å². The summed E-state index contributed by atoms with van der Waals surface area (Å²) in [7, 11) is -4.07. The SMILES string of the molecule is CCCCCCN(C)c1cccc2c(S(=O)(=O)NCCNC(=O)CN(CCN(CCN(CC(=O)O)CC(=O)NCCNS(=O)(=O)c3cccc4c(N(C)CCCCCC)cccc34)CC(=O)O)CC(=O)O)cccc12. The molecule has 75 heavy (non-hydrogen) atoms. The molecule has 0 heterocycles. The average Bonchev–Trinajstić information content (AvgIpc) is 3.36. The summed E-state index contributed by atoms with van der Waals surface area (Å²) in [5, 5.41) is 36.8. The summed E-state index contributed by atoms with van der Waals surface area (Å²) in [6.45, 7) is 2.53. The van der Waals surface area contributed by atoms with Crippen LogP contribution in [0.5, 0.6) is 0 Å². The van der Waals surface area contributed by atoms with Gasteiger partial charge in [-0.05, 0) is 37.1 Å². The number of rotatable bonds is 38. The molecule has 21 nitrogen and oxygen atoms in total. The highest BCUT2D eigenvalue weighted by Gasteiger charge is 2.23. The third kappa shape index (κ3) is 20.6. The standard InChI is InChI=1S/C52H77N9O12S2/c1-5-7-9-11-29-57(3)44-21-13-19-42-40(44)17-15-23-46(42)74(70,71)55-27-25-53-48(62)35-60(38-51(66)67)33-31-59(37-50(64)65)32-34-61(39-52(68)69)36-49(63)54-26-28-56-75(72,73)47-24-16-18-41-43(47)20-14-22-45(41)58(4)30-12-10-8-6-2/h13-24,55-56H,5-12,25-39H2,1-4H3,(H,53,62)(H,54,63)(H,64,65)(H,66,67)(H,68,69). The zero-order valence-corrected chi connectivity index (χ0v) is 45.4. The van der Waals surface area contributed by atoms with E-state index in [1.165, 1.54) is 26.8 Å². The first kappa shape index (κ1) is 61.6. The Balaban J connectivity index is 1.27. The maximum Gasteiger partial charge on any atom is 0.317 e. The van der Waals surface area contributed by atoms with Crippen molar-refractivity contribution in [3.8, 4) is 0 Å². The van der Waals surface area contributed by atoms with E-state index < -0.39 is 82.5 Å². The molecular formula is C52H77N9O12S2. The van der Waals surface area contributed by atoms with Crippen LogP contribution in [0.15, 0.2) is 82.6 Å². The molecule has 7 N–H and O–H groups in total. The molecule has 4 aromatic carbocycles. The first-order chi connectivity index (χ1) is 35.8. The lowest BCUT2D eigenvalue weighted by Crippen LogP contribution is -2.48. The van der Waals surface area contributed by atoms with E-state index in [2.05, 4.69) is 43.7 Å². The van der Waals surface area contributed by atoms with Gasteiger partial charge in [0.15, 0.2) is 0 Å². The highest BCUT2D eigenvalue weighted by atomic mass is 32.2. The zero-order chi connectivity index (χ0) is 55.0. The van der Waals surface area contributed by atoms with Gasteiger partial charge in [-0.3, -0.25) is 38.7 Å². The van der Waals surface area contributed by atoms with Gasteiger partial charge >= 0.3 is 17.9 Å². The van der Waals surface area contributed by atoms with Crippen molar-refractivity contribution >= 4 is 82.7 Å². The Kier molecular flexibility index (Phi) is 25.6. The summed E-state index contributed by atoms with van der Waals surface area (Å²) in [6, 6.07) is 21.2. The number of benzene rings is 4. The Hall–Kier alpha value is -5.95. The van der Waals surface area contributed by atoms with Crippen LogP contribution < -0.4 is 29.9 Å². The van der Waals surface area contributed by atoms with Gasteiger partial charge in [0.25, 0.3) is 0 Å². The van der Waals surface area contributed by atoms with Gasteiger partial charge in [-0.15, -0.1) is 0 Å². The monoisotopic (exact) mass is 1080 g/mol. The van der Waals surface area contributed by atoms with Crippen molar-refractivity contribution < 1.29 is 56.1 Å². The quantitative estimate of drug-likeness (QED) is 0.0315. The van der Waals surface area contributed by atoms with E-state index in [4.69, 9.17) is 0 Å². The molecule has 0 unspecified atom stereocenters. The fourth-order valence-corrected chi connectivity index (χ4v) is 11.2. The summed E-state index contributed by atoms with van der Waals surface area (Å²) >= 11 is 0. The minimum absolute atomic E-state index is 0.0605. The molecule has 0 fully saturated rings. The predicted molar refractivity (Wildman–Crippen MR) is 291 cm³/mol. The van der Waals surface area contributed by atoms with Crippen LogP contribution in [0.1, 0.15) is 65.2 Å². The van der Waals surface area contributed by atoms with Crippen molar-refractivity contribution in [2.45, 2.75) is 75.0 Å². The number of unbranched alkanes of at least 4 members (excludes halogenated alkanes) is 6. The van der Waals surface area contributed by atoms with E-state index in [0.717, 1.165) is 86.6 Å². The minimum atomic E-state index is -4.02. The maximum absolute atomic E-state index is 13.5. The number of amides is 2. The Morgan fingerprint density at radius 2 is 0.773 bits per heavy atom. The lowest BCUT2D eigenvalue weighted by molar-refractivity contribution is -0.141. The number of fused-ring (bicyclic) bond motifs is 2. The molecule has 2 amide bonds. The highest BCUT2D eigenvalue weighted by Crippen LogP contribution is 2.32. The number of carboxylic acid groups (broad SMARTS) is 3. The second kappa shape index (κ2) is 31.2. The fraction of sp³-hybridized carbons (Fsp3) is 0.519. The van der Waals surface area contributed by atoms with E-state index in [1.807, 2.05) is 50.5 Å². The molecule has 23 heteroatoms. The number of anilines is 2. The fourth-order valence-electron chi connectivity index (χ4n) is 8.74. The van der Waals surface area contributed by atoms with E-state index >= 15 is 0 Å². The highest BCUT2D eigenvalue weighted by molar-refractivity contribution is 7.90. The van der Waals surface area contributed by atoms with Crippen LogP contribution in [0.3, 0.4) is 0 Å². The zero-order valence-electron chi connectivity index (χ0n) is 43.8. The van der Waals surface area contributed by atoms with Gasteiger partial charge in [0, 0.05) is 112 Å². The normalized spacial score (nSPS) is 11.9. The van der Waals surface area contributed by atoms with Crippen LogP contribution in [0.4, 0.5) is 11.4 Å². The lowest BCUT2D eigenvalue weighted by atomic mass is 10.1. The predicted octanol–water partition coefficient (Wildman–Crippen LogP) is 3.68. The van der Waals surface area contributed by atoms with Gasteiger partial charge < -0.3 is 35.8 Å². The number of carboxylic acids is 3. The number of aliphatic carboxylic acids is 3. The first-order valence-electron chi connectivity index (χ1n) is 25.6. The third-order valence-corrected chi connectivity index (χ3v) is 15.6. The molecular weight excluding hydrogens is 1010 g/mol. The summed E-state index contributed by atoms with van der Waals surface area (Å²) in [5.41, 5.74) is 1.82. The first-order valence-corrected chi connectivity index (χ1v) is 28.5. The second-order valence-electron chi connectivity index (χ2n) is 18.6. The number of hydrogen-bond donors (Lipinski definition) is 7. The summed E-state index contributed by atoms with van der Waals surface area (Å²) in [6.07, 6.45) is 8.75. The molecule has 0 spiro atoms. The molecule has 4 aromatic rings. The molecule has 0 aliphatic rings. The number of hydrogen-bond acceptors (Lipinski definition) is 14. The summed E-state index contributed by atoms with van der Waals surface area (Å²) in [5.74, 6) is -4.96. The molecule has 414 valence electrons.